The average Bonchev–Trinajstić information content (AvgIpc) is 2.78. The minimum Gasteiger partial charge on any atom is -0.480 e. The first-order valence-corrected chi connectivity index (χ1v) is 8.00. The molecule has 1 amide bonds. The summed E-state index contributed by atoms with van der Waals surface area (Å²) in [7, 11) is 1.88. The minimum atomic E-state index is -0.973. The van der Waals surface area contributed by atoms with Crippen molar-refractivity contribution in [3.63, 3.8) is 0 Å². The van der Waals surface area contributed by atoms with E-state index in [1.807, 2.05) is 32.5 Å². The number of nitrogens with one attached hydrogen (secondary N) is 1. The molecule has 0 radical (unpaired) electrons. The van der Waals surface area contributed by atoms with Gasteiger partial charge in [0.1, 0.15) is 6.04 Å². The zero-order chi connectivity index (χ0) is 16.7. The quantitative estimate of drug-likeness (QED) is 0.729. The lowest BCUT2D eigenvalue weighted by molar-refractivity contribution is -0.142. The molecular weight excluding hydrogens is 282 g/mol. The third-order valence-corrected chi connectivity index (χ3v) is 3.84. The Morgan fingerprint density at radius 3 is 2.45 bits per heavy atom. The average molecular weight is 309 g/mol. The Morgan fingerprint density at radius 2 is 1.95 bits per heavy atom. The largest absolute Gasteiger partial charge is 0.480 e. The van der Waals surface area contributed by atoms with Crippen LogP contribution in [0, 0.1) is 0 Å². The predicted octanol–water partition coefficient (Wildman–Crippen LogP) is 1.85. The summed E-state index contributed by atoms with van der Waals surface area (Å²) in [5, 5.41) is 16.3. The molecule has 0 saturated heterocycles. The molecule has 1 atom stereocenters. The Kier molecular flexibility index (Phi) is 7.08. The topological polar surface area (TPSA) is 84.2 Å². The molecule has 6 nitrogen and oxygen atoms in total. The predicted molar refractivity (Wildman–Crippen MR) is 84.8 cm³/mol. The van der Waals surface area contributed by atoms with E-state index in [1.165, 1.54) is 0 Å². The van der Waals surface area contributed by atoms with Crippen LogP contribution in [0.2, 0.25) is 0 Å². The monoisotopic (exact) mass is 309 g/mol. The third kappa shape index (κ3) is 4.58. The van der Waals surface area contributed by atoms with Crippen molar-refractivity contribution in [1.29, 1.82) is 0 Å². The number of hydrogen-bond donors (Lipinski definition) is 2. The van der Waals surface area contributed by atoms with Crippen LogP contribution in [-0.2, 0) is 35.9 Å². The SMILES string of the molecule is CCCC[C@H](NC(=O)Cc1c(CC)nn(C)c1CC)C(=O)O. The van der Waals surface area contributed by atoms with Gasteiger partial charge in [0.15, 0.2) is 0 Å². The van der Waals surface area contributed by atoms with E-state index >= 15 is 0 Å². The molecule has 0 aliphatic heterocycles. The maximum Gasteiger partial charge on any atom is 0.326 e. The second kappa shape index (κ2) is 8.56. The van der Waals surface area contributed by atoms with Crippen molar-refractivity contribution in [3.05, 3.63) is 17.0 Å². The Balaban J connectivity index is 2.81. The summed E-state index contributed by atoms with van der Waals surface area (Å²) in [5.41, 5.74) is 2.88. The number of amides is 1. The lowest BCUT2D eigenvalue weighted by atomic mass is 10.0. The highest BCUT2D eigenvalue weighted by molar-refractivity contribution is 5.85. The van der Waals surface area contributed by atoms with Gasteiger partial charge < -0.3 is 10.4 Å². The maximum absolute atomic E-state index is 12.2. The summed E-state index contributed by atoms with van der Waals surface area (Å²) in [5.74, 6) is -1.22. The van der Waals surface area contributed by atoms with Crippen LogP contribution < -0.4 is 5.32 Å². The summed E-state index contributed by atoms with van der Waals surface area (Å²) in [6.45, 7) is 6.03. The van der Waals surface area contributed by atoms with Gasteiger partial charge in [-0.05, 0) is 19.3 Å². The number of aliphatic carboxylic acids is 1. The van der Waals surface area contributed by atoms with Gasteiger partial charge in [-0.2, -0.15) is 5.10 Å². The number of aryl methyl sites for hydroxylation is 2. The van der Waals surface area contributed by atoms with E-state index in [-0.39, 0.29) is 12.3 Å². The molecule has 1 aromatic heterocycles. The van der Waals surface area contributed by atoms with E-state index in [0.717, 1.165) is 42.6 Å². The molecule has 0 bridgehead atoms. The van der Waals surface area contributed by atoms with Crippen molar-refractivity contribution in [2.45, 2.75) is 65.3 Å². The molecule has 1 aromatic rings. The van der Waals surface area contributed by atoms with Gasteiger partial charge in [0, 0.05) is 18.3 Å². The Labute approximate surface area is 131 Å². The van der Waals surface area contributed by atoms with E-state index in [1.54, 1.807) is 0 Å². The Morgan fingerprint density at radius 1 is 1.27 bits per heavy atom. The van der Waals surface area contributed by atoms with E-state index in [9.17, 15) is 14.7 Å². The van der Waals surface area contributed by atoms with E-state index in [0.29, 0.717) is 6.42 Å². The van der Waals surface area contributed by atoms with E-state index < -0.39 is 12.0 Å². The number of aromatic nitrogens is 2. The number of carboxylic acid groups (broad SMARTS) is 1. The molecule has 6 heteroatoms. The second-order valence-electron chi connectivity index (χ2n) is 5.48. The van der Waals surface area contributed by atoms with Gasteiger partial charge in [0.25, 0.3) is 0 Å². The minimum absolute atomic E-state index is 0.191. The van der Waals surface area contributed by atoms with Crippen LogP contribution in [0.15, 0.2) is 0 Å². The van der Waals surface area contributed by atoms with E-state index in [2.05, 4.69) is 10.4 Å². The van der Waals surface area contributed by atoms with Crippen molar-refractivity contribution in [3.8, 4) is 0 Å². The number of hydrogen-bond acceptors (Lipinski definition) is 3. The molecule has 0 fully saturated rings. The van der Waals surface area contributed by atoms with Crippen molar-refractivity contribution in [2.75, 3.05) is 0 Å². The number of carbonyl (C=O) groups is 2. The van der Waals surface area contributed by atoms with E-state index in [4.69, 9.17) is 0 Å². The van der Waals surface area contributed by atoms with Gasteiger partial charge in [-0.15, -0.1) is 0 Å². The first-order chi connectivity index (χ1) is 10.4. The standard InChI is InChI=1S/C16H27N3O3/c1-5-8-9-13(16(21)22)17-15(20)10-11-12(6-2)18-19(4)14(11)7-3/h13H,5-10H2,1-4H3,(H,17,20)(H,21,22)/t13-/m0/s1. The molecule has 1 heterocycles. The highest BCUT2D eigenvalue weighted by Crippen LogP contribution is 2.16. The van der Waals surface area contributed by atoms with Crippen LogP contribution in [0.25, 0.3) is 0 Å². The molecular formula is C16H27N3O3. The van der Waals surface area contributed by atoms with Gasteiger partial charge >= 0.3 is 5.97 Å². The molecule has 0 unspecified atom stereocenters. The highest BCUT2D eigenvalue weighted by atomic mass is 16.4. The van der Waals surface area contributed by atoms with Gasteiger partial charge in [0.05, 0.1) is 12.1 Å². The molecule has 124 valence electrons. The third-order valence-electron chi connectivity index (χ3n) is 3.84. The molecule has 0 aliphatic carbocycles. The molecule has 0 aromatic carbocycles. The summed E-state index contributed by atoms with van der Waals surface area (Å²) >= 11 is 0. The summed E-state index contributed by atoms with van der Waals surface area (Å²) in [4.78, 5) is 23.4. The zero-order valence-electron chi connectivity index (χ0n) is 14.0. The smallest absolute Gasteiger partial charge is 0.326 e. The van der Waals surface area contributed by atoms with Crippen LogP contribution in [0.3, 0.4) is 0 Å². The van der Waals surface area contributed by atoms with Crippen molar-refractivity contribution in [1.82, 2.24) is 15.1 Å². The number of unbranched alkanes of at least 4 members (excludes halogenated alkanes) is 1. The van der Waals surface area contributed by atoms with Crippen LogP contribution in [0.5, 0.6) is 0 Å². The van der Waals surface area contributed by atoms with Crippen LogP contribution in [-0.4, -0.2) is 32.8 Å². The Hall–Kier alpha value is -1.85. The molecule has 22 heavy (non-hydrogen) atoms. The fourth-order valence-electron chi connectivity index (χ4n) is 2.67. The lowest BCUT2D eigenvalue weighted by Gasteiger charge is -2.14. The number of carbonyl (C=O) groups excluding carboxylic acids is 1. The van der Waals surface area contributed by atoms with Gasteiger partial charge in [-0.1, -0.05) is 33.6 Å². The molecule has 1 rings (SSSR count). The second-order valence-corrected chi connectivity index (χ2v) is 5.48. The lowest BCUT2D eigenvalue weighted by Crippen LogP contribution is -2.41. The molecule has 0 aliphatic rings. The fraction of sp³-hybridized carbons (Fsp3) is 0.688. The van der Waals surface area contributed by atoms with Crippen molar-refractivity contribution in [2.24, 2.45) is 7.05 Å². The molecule has 0 spiro atoms. The molecule has 0 saturated carbocycles. The number of nitrogens with zero attached hydrogens (tertiary/aromatic N) is 2. The van der Waals surface area contributed by atoms with Crippen molar-refractivity contribution < 1.29 is 14.7 Å². The van der Waals surface area contributed by atoms with Crippen LogP contribution in [0.4, 0.5) is 0 Å². The summed E-state index contributed by atoms with van der Waals surface area (Å²) < 4.78 is 1.81. The van der Waals surface area contributed by atoms with Crippen LogP contribution in [0.1, 0.15) is 57.0 Å². The highest BCUT2D eigenvalue weighted by Gasteiger charge is 2.22. The Bertz CT molecular complexity index is 523. The molecule has 2 N–H and O–H groups in total. The first kappa shape index (κ1) is 18.2. The van der Waals surface area contributed by atoms with Gasteiger partial charge in [-0.25, -0.2) is 4.79 Å². The number of carboxylic acids is 1. The summed E-state index contributed by atoms with van der Waals surface area (Å²) in [6.07, 6.45) is 3.90. The van der Waals surface area contributed by atoms with Crippen LogP contribution >= 0.6 is 0 Å². The summed E-state index contributed by atoms with van der Waals surface area (Å²) in [6, 6.07) is -0.806. The number of rotatable bonds is 9. The maximum atomic E-state index is 12.2. The normalized spacial score (nSPS) is 12.2. The van der Waals surface area contributed by atoms with Gasteiger partial charge in [0.2, 0.25) is 5.91 Å². The fourth-order valence-corrected chi connectivity index (χ4v) is 2.67. The van der Waals surface area contributed by atoms with Gasteiger partial charge in [-0.3, -0.25) is 9.48 Å². The zero-order valence-corrected chi connectivity index (χ0v) is 14.0. The van der Waals surface area contributed by atoms with Crippen molar-refractivity contribution >= 4 is 11.9 Å². The first-order valence-electron chi connectivity index (χ1n) is 8.00.